The summed E-state index contributed by atoms with van der Waals surface area (Å²) in [5.74, 6) is 0.716. The van der Waals surface area contributed by atoms with Crippen molar-refractivity contribution in [3.8, 4) is 5.75 Å². The zero-order chi connectivity index (χ0) is 15.2. The van der Waals surface area contributed by atoms with Gasteiger partial charge in [0.1, 0.15) is 5.75 Å². The average Bonchev–Trinajstić information content (AvgIpc) is 2.47. The van der Waals surface area contributed by atoms with Crippen LogP contribution in [0, 0.1) is 12.3 Å². The zero-order valence-electron chi connectivity index (χ0n) is 12.8. The van der Waals surface area contributed by atoms with Crippen LogP contribution in [0.2, 0.25) is 0 Å². The smallest absolute Gasteiger partial charge is 0.151 e. The fraction of sp³-hybridized carbons (Fsp3) is 0.250. The van der Waals surface area contributed by atoms with Gasteiger partial charge in [-0.3, -0.25) is 10.4 Å². The van der Waals surface area contributed by atoms with Crippen molar-refractivity contribution < 1.29 is 5.11 Å². The molecule has 1 aromatic carbocycles. The summed E-state index contributed by atoms with van der Waals surface area (Å²) in [4.78, 5) is 4.43. The summed E-state index contributed by atoms with van der Waals surface area (Å²) in [6.07, 6.45) is 1.53. The van der Waals surface area contributed by atoms with E-state index in [1.54, 1.807) is 0 Å². The molecule has 0 aliphatic heterocycles. The highest BCUT2D eigenvalue weighted by atomic mass is 35.5. The van der Waals surface area contributed by atoms with Crippen molar-refractivity contribution in [3.63, 3.8) is 0 Å². The summed E-state index contributed by atoms with van der Waals surface area (Å²) in [6.45, 7) is 1.91. The van der Waals surface area contributed by atoms with Gasteiger partial charge in [0.05, 0.1) is 5.69 Å². The molecule has 0 bridgehead atoms. The van der Waals surface area contributed by atoms with E-state index in [-0.39, 0.29) is 35.7 Å². The average molecular weight is 374 g/mol. The first-order valence-electron chi connectivity index (χ1n) is 6.75. The van der Waals surface area contributed by atoms with Crippen molar-refractivity contribution in [3.05, 3.63) is 58.9 Å². The largest absolute Gasteiger partial charge is 0.506 e. The minimum absolute atomic E-state index is 0. The molecule has 7 heteroatoms. The molecule has 0 aliphatic carbocycles. The molecule has 2 aromatic rings. The summed E-state index contributed by atoms with van der Waals surface area (Å²) >= 11 is 1.20. The van der Waals surface area contributed by atoms with Gasteiger partial charge in [-0.05, 0) is 31.4 Å². The van der Waals surface area contributed by atoms with Gasteiger partial charge in [0.15, 0.2) is 5.17 Å². The summed E-state index contributed by atoms with van der Waals surface area (Å²) in [5, 5.41) is 17.6. The van der Waals surface area contributed by atoms with Gasteiger partial charge in [0.25, 0.3) is 0 Å². The van der Waals surface area contributed by atoms with Gasteiger partial charge in [0, 0.05) is 17.0 Å². The Bertz CT molecular complexity index is 639. The highest BCUT2D eigenvalue weighted by molar-refractivity contribution is 8.13. The number of nitrogens with one attached hydrogen (secondary N) is 1. The van der Waals surface area contributed by atoms with Crippen molar-refractivity contribution in [2.45, 2.75) is 25.5 Å². The molecule has 0 fully saturated rings. The van der Waals surface area contributed by atoms with Crippen LogP contribution < -0.4 is 5.73 Å². The monoisotopic (exact) mass is 373 g/mol. The number of hydrogen-bond acceptors (Lipinski definition) is 4. The molecule has 23 heavy (non-hydrogen) atoms. The first-order valence-corrected chi connectivity index (χ1v) is 7.74. The van der Waals surface area contributed by atoms with E-state index in [0.717, 1.165) is 17.7 Å². The Kier molecular flexibility index (Phi) is 9.72. The third kappa shape index (κ3) is 6.69. The molecule has 2 rings (SSSR count). The number of aromatic hydroxyl groups is 1. The van der Waals surface area contributed by atoms with Gasteiger partial charge in [-0.25, -0.2) is 0 Å². The van der Waals surface area contributed by atoms with E-state index in [2.05, 4.69) is 17.1 Å². The number of thioether (sulfide) groups is 1. The van der Waals surface area contributed by atoms with Crippen LogP contribution in [0.4, 0.5) is 0 Å². The van der Waals surface area contributed by atoms with Crippen molar-refractivity contribution in [2.24, 2.45) is 5.73 Å². The quantitative estimate of drug-likeness (QED) is 0.548. The number of halogens is 2. The molecule has 0 saturated carbocycles. The molecule has 0 saturated heterocycles. The van der Waals surface area contributed by atoms with Crippen LogP contribution in [0.5, 0.6) is 5.75 Å². The van der Waals surface area contributed by atoms with Crippen molar-refractivity contribution >= 4 is 41.7 Å². The third-order valence-electron chi connectivity index (χ3n) is 3.15. The van der Waals surface area contributed by atoms with Crippen molar-refractivity contribution in [1.82, 2.24) is 4.98 Å². The molecule has 1 aromatic heterocycles. The fourth-order valence-electron chi connectivity index (χ4n) is 2.15. The van der Waals surface area contributed by atoms with Crippen LogP contribution in [0.15, 0.2) is 36.4 Å². The fourth-order valence-corrected chi connectivity index (χ4v) is 2.68. The molecule has 4 nitrogen and oxygen atoms in total. The normalized spacial score (nSPS) is 9.61. The van der Waals surface area contributed by atoms with E-state index < -0.39 is 0 Å². The molecular weight excluding hydrogens is 353 g/mol. The number of nitrogens with zero attached hydrogens (tertiary/aromatic N) is 1. The number of rotatable bonds is 5. The SMILES string of the molecule is Cc1cc(CSC(=N)N)c(O)c(CCc2ccccc2)n1.Cl.Cl. The van der Waals surface area contributed by atoms with E-state index in [1.807, 2.05) is 31.2 Å². The number of hydrogen-bond donors (Lipinski definition) is 3. The molecule has 0 atom stereocenters. The Hall–Kier alpha value is -1.43. The lowest BCUT2D eigenvalue weighted by molar-refractivity contribution is 0.458. The molecule has 1 heterocycles. The number of aromatic nitrogens is 1. The van der Waals surface area contributed by atoms with Crippen LogP contribution >= 0.6 is 36.6 Å². The maximum absolute atomic E-state index is 10.3. The highest BCUT2D eigenvalue weighted by Crippen LogP contribution is 2.27. The van der Waals surface area contributed by atoms with Crippen molar-refractivity contribution in [1.29, 1.82) is 5.41 Å². The Labute approximate surface area is 153 Å². The molecule has 0 radical (unpaired) electrons. The lowest BCUT2D eigenvalue weighted by Crippen LogP contribution is -2.05. The van der Waals surface area contributed by atoms with Gasteiger partial charge in [-0.2, -0.15) is 0 Å². The first kappa shape index (κ1) is 21.6. The van der Waals surface area contributed by atoms with Gasteiger partial charge in [0.2, 0.25) is 0 Å². The summed E-state index contributed by atoms with van der Waals surface area (Å²) in [5.41, 5.74) is 8.93. The maximum atomic E-state index is 10.3. The van der Waals surface area contributed by atoms with Gasteiger partial charge < -0.3 is 10.8 Å². The van der Waals surface area contributed by atoms with E-state index in [0.29, 0.717) is 17.9 Å². The second kappa shape index (κ2) is 10.4. The van der Waals surface area contributed by atoms with E-state index in [4.69, 9.17) is 11.1 Å². The number of pyridine rings is 1. The second-order valence-corrected chi connectivity index (χ2v) is 5.87. The first-order chi connectivity index (χ1) is 10.1. The minimum atomic E-state index is 0. The van der Waals surface area contributed by atoms with Crippen LogP contribution in [0.1, 0.15) is 22.5 Å². The summed E-state index contributed by atoms with van der Waals surface area (Å²) < 4.78 is 0. The van der Waals surface area contributed by atoms with Crippen LogP contribution in [-0.2, 0) is 18.6 Å². The topological polar surface area (TPSA) is 83.0 Å². The van der Waals surface area contributed by atoms with Crippen LogP contribution in [0.25, 0.3) is 0 Å². The van der Waals surface area contributed by atoms with E-state index in [9.17, 15) is 5.11 Å². The minimum Gasteiger partial charge on any atom is -0.506 e. The summed E-state index contributed by atoms with van der Waals surface area (Å²) in [7, 11) is 0. The molecule has 0 aliphatic rings. The predicted octanol–water partition coefficient (Wildman–Crippen LogP) is 3.85. The lowest BCUT2D eigenvalue weighted by atomic mass is 10.1. The van der Waals surface area contributed by atoms with Crippen LogP contribution in [-0.4, -0.2) is 15.3 Å². The Balaban J connectivity index is 0.00000242. The van der Waals surface area contributed by atoms with E-state index in [1.165, 1.54) is 17.3 Å². The van der Waals surface area contributed by atoms with Gasteiger partial charge in [-0.15, -0.1) is 24.8 Å². The predicted molar refractivity (Wildman–Crippen MR) is 102 cm³/mol. The Morgan fingerprint density at radius 1 is 1.22 bits per heavy atom. The molecular formula is C16H21Cl2N3OS. The highest BCUT2D eigenvalue weighted by Gasteiger charge is 2.11. The van der Waals surface area contributed by atoms with Gasteiger partial charge in [-0.1, -0.05) is 42.1 Å². The molecule has 0 unspecified atom stereocenters. The third-order valence-corrected chi connectivity index (χ3v) is 3.91. The van der Waals surface area contributed by atoms with Gasteiger partial charge >= 0.3 is 0 Å². The van der Waals surface area contributed by atoms with E-state index >= 15 is 0 Å². The maximum Gasteiger partial charge on any atom is 0.151 e. The Morgan fingerprint density at radius 2 is 1.87 bits per heavy atom. The Morgan fingerprint density at radius 3 is 2.48 bits per heavy atom. The number of nitrogens with two attached hydrogens (primary N) is 1. The van der Waals surface area contributed by atoms with Crippen LogP contribution in [0.3, 0.4) is 0 Å². The second-order valence-electron chi connectivity index (χ2n) is 4.86. The summed E-state index contributed by atoms with van der Waals surface area (Å²) in [6, 6.07) is 12.0. The number of amidine groups is 1. The zero-order valence-corrected chi connectivity index (χ0v) is 15.2. The number of aryl methyl sites for hydroxylation is 3. The number of benzene rings is 1. The molecule has 0 spiro atoms. The van der Waals surface area contributed by atoms with Crippen molar-refractivity contribution in [2.75, 3.05) is 0 Å². The molecule has 126 valence electrons. The molecule has 0 amide bonds. The lowest BCUT2D eigenvalue weighted by Gasteiger charge is -2.10. The molecule has 4 N–H and O–H groups in total. The standard InChI is InChI=1S/C16H19N3OS.2ClH/c1-11-9-13(10-21-16(17)18)15(20)14(19-11)8-7-12-5-3-2-4-6-12;;/h2-6,9,20H,7-8,10H2,1H3,(H3,17,18);2*1H.